The summed E-state index contributed by atoms with van der Waals surface area (Å²) >= 11 is 5.64. The molecule has 0 saturated carbocycles. The smallest absolute Gasteiger partial charge is 0.262 e. The Morgan fingerprint density at radius 1 is 1.19 bits per heavy atom. The summed E-state index contributed by atoms with van der Waals surface area (Å²) in [4.78, 5) is 11.8. The number of rotatable bonds is 4. The van der Waals surface area contributed by atoms with Crippen molar-refractivity contribution in [3.8, 4) is 5.75 Å². The largest absolute Gasteiger partial charge is 0.484 e. The lowest BCUT2D eigenvalue weighted by Gasteiger charge is -2.09. The number of benzene rings is 2. The van der Waals surface area contributed by atoms with Crippen LogP contribution < -0.4 is 10.1 Å². The minimum absolute atomic E-state index is 0.0390. The fourth-order valence-corrected chi connectivity index (χ4v) is 1.90. The van der Waals surface area contributed by atoms with Crippen LogP contribution in [0.15, 0.2) is 36.4 Å². The van der Waals surface area contributed by atoms with Crippen LogP contribution in [-0.2, 0) is 4.79 Å². The Bertz CT molecular complexity index is 673. The van der Waals surface area contributed by atoms with Gasteiger partial charge < -0.3 is 10.1 Å². The first kappa shape index (κ1) is 15.3. The molecule has 0 fully saturated rings. The number of amides is 1. The van der Waals surface area contributed by atoms with E-state index in [4.69, 9.17) is 16.3 Å². The van der Waals surface area contributed by atoms with Gasteiger partial charge >= 0.3 is 0 Å². The molecule has 5 heteroatoms. The van der Waals surface area contributed by atoms with Gasteiger partial charge in [-0.25, -0.2) is 4.39 Å². The highest BCUT2D eigenvalue weighted by Gasteiger charge is 2.06. The number of carbonyl (C=O) groups excluding carboxylic acids is 1. The Morgan fingerprint density at radius 3 is 2.62 bits per heavy atom. The molecule has 110 valence electrons. The van der Waals surface area contributed by atoms with Crippen LogP contribution in [0.5, 0.6) is 5.75 Å². The number of nitrogens with one attached hydrogen (secondary N) is 1. The van der Waals surface area contributed by atoms with Crippen LogP contribution in [-0.4, -0.2) is 12.5 Å². The molecular weight excluding hydrogens is 293 g/mol. The molecule has 0 heterocycles. The number of ether oxygens (including phenoxy) is 1. The number of aryl methyl sites for hydroxylation is 2. The third-order valence-corrected chi connectivity index (χ3v) is 3.34. The van der Waals surface area contributed by atoms with Gasteiger partial charge in [0.05, 0.1) is 5.02 Å². The van der Waals surface area contributed by atoms with E-state index in [1.807, 2.05) is 32.0 Å². The van der Waals surface area contributed by atoms with E-state index in [1.165, 1.54) is 18.2 Å². The lowest BCUT2D eigenvalue weighted by Crippen LogP contribution is -2.20. The standard InChI is InChI=1S/C16H15ClFNO2/c1-10-3-5-13(7-11(10)2)21-9-16(20)19-12-4-6-15(18)14(17)8-12/h3-8H,9H2,1-2H3,(H,19,20). The van der Waals surface area contributed by atoms with E-state index < -0.39 is 5.82 Å². The van der Waals surface area contributed by atoms with Gasteiger partial charge in [0, 0.05) is 5.69 Å². The van der Waals surface area contributed by atoms with Crippen LogP contribution in [0.4, 0.5) is 10.1 Å². The lowest BCUT2D eigenvalue weighted by atomic mass is 10.1. The van der Waals surface area contributed by atoms with Crippen molar-refractivity contribution in [2.75, 3.05) is 11.9 Å². The van der Waals surface area contributed by atoms with Crippen molar-refractivity contribution in [1.29, 1.82) is 0 Å². The molecule has 21 heavy (non-hydrogen) atoms. The molecule has 0 aliphatic carbocycles. The maximum absolute atomic E-state index is 13.0. The Morgan fingerprint density at radius 2 is 1.95 bits per heavy atom. The second-order valence-corrected chi connectivity index (χ2v) is 5.12. The van der Waals surface area contributed by atoms with Crippen LogP contribution in [0.3, 0.4) is 0 Å². The van der Waals surface area contributed by atoms with Crippen molar-refractivity contribution in [2.45, 2.75) is 13.8 Å². The topological polar surface area (TPSA) is 38.3 Å². The van der Waals surface area contributed by atoms with Gasteiger partial charge in [0.2, 0.25) is 0 Å². The van der Waals surface area contributed by atoms with Crippen molar-refractivity contribution < 1.29 is 13.9 Å². The van der Waals surface area contributed by atoms with E-state index in [-0.39, 0.29) is 17.5 Å². The van der Waals surface area contributed by atoms with Gasteiger partial charge in [0.25, 0.3) is 5.91 Å². The van der Waals surface area contributed by atoms with Gasteiger partial charge in [-0.05, 0) is 55.3 Å². The first-order valence-electron chi connectivity index (χ1n) is 6.40. The minimum atomic E-state index is -0.527. The normalized spacial score (nSPS) is 10.3. The average molecular weight is 308 g/mol. The molecule has 1 amide bonds. The van der Waals surface area contributed by atoms with Crippen molar-refractivity contribution in [2.24, 2.45) is 0 Å². The average Bonchev–Trinajstić information content (AvgIpc) is 2.44. The second kappa shape index (κ2) is 6.59. The molecule has 2 aromatic carbocycles. The summed E-state index contributed by atoms with van der Waals surface area (Å²) in [7, 11) is 0. The van der Waals surface area contributed by atoms with Crippen LogP contribution in [0.2, 0.25) is 5.02 Å². The van der Waals surface area contributed by atoms with E-state index in [2.05, 4.69) is 5.32 Å². The molecule has 3 nitrogen and oxygen atoms in total. The molecule has 0 saturated heterocycles. The molecular formula is C16H15ClFNO2. The highest BCUT2D eigenvalue weighted by Crippen LogP contribution is 2.19. The van der Waals surface area contributed by atoms with Gasteiger partial charge in [0.15, 0.2) is 6.61 Å². The van der Waals surface area contributed by atoms with Gasteiger partial charge in [-0.15, -0.1) is 0 Å². The predicted octanol–water partition coefficient (Wildman–Crippen LogP) is 4.11. The quantitative estimate of drug-likeness (QED) is 0.923. The summed E-state index contributed by atoms with van der Waals surface area (Å²) < 4.78 is 18.4. The maximum Gasteiger partial charge on any atom is 0.262 e. The minimum Gasteiger partial charge on any atom is -0.484 e. The zero-order chi connectivity index (χ0) is 15.4. The van der Waals surface area contributed by atoms with Gasteiger partial charge in [-0.3, -0.25) is 4.79 Å². The maximum atomic E-state index is 13.0. The molecule has 0 unspecified atom stereocenters. The highest BCUT2D eigenvalue weighted by atomic mass is 35.5. The van der Waals surface area contributed by atoms with Crippen molar-refractivity contribution >= 4 is 23.2 Å². The Balaban J connectivity index is 1.92. The Kier molecular flexibility index (Phi) is 4.81. The van der Waals surface area contributed by atoms with Crippen molar-refractivity contribution in [3.05, 3.63) is 58.4 Å². The van der Waals surface area contributed by atoms with Crippen LogP contribution in [0.1, 0.15) is 11.1 Å². The van der Waals surface area contributed by atoms with E-state index in [0.29, 0.717) is 11.4 Å². The Hall–Kier alpha value is -2.07. The molecule has 0 bridgehead atoms. The van der Waals surface area contributed by atoms with Crippen LogP contribution in [0.25, 0.3) is 0 Å². The summed E-state index contributed by atoms with van der Waals surface area (Å²) in [6.07, 6.45) is 0. The Labute approximate surface area is 127 Å². The lowest BCUT2D eigenvalue weighted by molar-refractivity contribution is -0.118. The molecule has 2 rings (SSSR count). The van der Waals surface area contributed by atoms with E-state index in [0.717, 1.165) is 11.1 Å². The third kappa shape index (κ3) is 4.20. The first-order valence-corrected chi connectivity index (χ1v) is 6.78. The third-order valence-electron chi connectivity index (χ3n) is 3.05. The number of hydrogen-bond acceptors (Lipinski definition) is 2. The summed E-state index contributed by atoms with van der Waals surface area (Å²) in [5.74, 6) is -0.234. The van der Waals surface area contributed by atoms with E-state index in [1.54, 1.807) is 0 Å². The number of carbonyl (C=O) groups is 1. The van der Waals surface area contributed by atoms with Crippen LogP contribution >= 0.6 is 11.6 Å². The molecule has 1 N–H and O–H groups in total. The summed E-state index contributed by atoms with van der Waals surface area (Å²) in [5, 5.41) is 2.55. The van der Waals surface area contributed by atoms with Gasteiger partial charge in [-0.1, -0.05) is 17.7 Å². The monoisotopic (exact) mass is 307 g/mol. The summed E-state index contributed by atoms with van der Waals surface area (Å²) in [5.41, 5.74) is 2.68. The molecule has 0 aliphatic rings. The fourth-order valence-electron chi connectivity index (χ4n) is 1.72. The SMILES string of the molecule is Cc1ccc(OCC(=O)Nc2ccc(F)c(Cl)c2)cc1C. The fraction of sp³-hybridized carbons (Fsp3) is 0.188. The van der Waals surface area contributed by atoms with Gasteiger partial charge in [-0.2, -0.15) is 0 Å². The molecule has 2 aromatic rings. The predicted molar refractivity (Wildman–Crippen MR) is 81.5 cm³/mol. The van der Waals surface area contributed by atoms with Gasteiger partial charge in [0.1, 0.15) is 11.6 Å². The number of anilines is 1. The molecule has 0 aromatic heterocycles. The number of hydrogen-bond donors (Lipinski definition) is 1. The number of halogens is 2. The zero-order valence-electron chi connectivity index (χ0n) is 11.7. The zero-order valence-corrected chi connectivity index (χ0v) is 12.5. The second-order valence-electron chi connectivity index (χ2n) is 4.71. The summed E-state index contributed by atoms with van der Waals surface area (Å²) in [6, 6.07) is 9.60. The summed E-state index contributed by atoms with van der Waals surface area (Å²) in [6.45, 7) is 3.85. The van der Waals surface area contributed by atoms with Crippen molar-refractivity contribution in [3.63, 3.8) is 0 Å². The van der Waals surface area contributed by atoms with E-state index >= 15 is 0 Å². The first-order chi connectivity index (χ1) is 9.95. The molecule has 0 spiro atoms. The van der Waals surface area contributed by atoms with E-state index in [9.17, 15) is 9.18 Å². The molecule has 0 atom stereocenters. The molecule has 0 radical (unpaired) electrons. The van der Waals surface area contributed by atoms with Crippen molar-refractivity contribution in [1.82, 2.24) is 0 Å². The molecule has 0 aliphatic heterocycles. The highest BCUT2D eigenvalue weighted by molar-refractivity contribution is 6.31. The van der Waals surface area contributed by atoms with Crippen LogP contribution in [0, 0.1) is 19.7 Å².